The van der Waals surface area contributed by atoms with Crippen molar-refractivity contribution >= 4 is 22.3 Å². The van der Waals surface area contributed by atoms with Crippen molar-refractivity contribution in [2.24, 2.45) is 5.92 Å². The molecule has 0 bridgehead atoms. The molecule has 1 aliphatic heterocycles. The van der Waals surface area contributed by atoms with Crippen molar-refractivity contribution in [3.8, 4) is 0 Å². The summed E-state index contributed by atoms with van der Waals surface area (Å²) in [4.78, 5) is 28.9. The van der Waals surface area contributed by atoms with Crippen LogP contribution in [0.25, 0.3) is 10.9 Å². The Labute approximate surface area is 166 Å². The Balaban J connectivity index is 1.88. The number of aliphatic hydroxyl groups excluding tert-OH is 1. The molecule has 2 atom stereocenters. The van der Waals surface area contributed by atoms with E-state index >= 15 is 4.39 Å². The van der Waals surface area contributed by atoms with Crippen LogP contribution < -0.4 is 21.9 Å². The average Bonchev–Trinajstić information content (AvgIpc) is 3.35. The fraction of sp³-hybridized carbons (Fsp3) is 0.600. The molecule has 158 valence electrons. The fourth-order valence-electron chi connectivity index (χ4n) is 4.56. The van der Waals surface area contributed by atoms with Gasteiger partial charge in [-0.05, 0) is 40.0 Å². The lowest BCUT2D eigenvalue weighted by molar-refractivity contribution is -0.0723. The predicted molar refractivity (Wildman–Crippen MR) is 109 cm³/mol. The van der Waals surface area contributed by atoms with Crippen LogP contribution in [0.4, 0.5) is 15.8 Å². The van der Waals surface area contributed by atoms with Crippen molar-refractivity contribution < 1.29 is 14.6 Å². The number of nitrogens with two attached hydrogens (primary N) is 1. The zero-order chi connectivity index (χ0) is 21.2. The first-order chi connectivity index (χ1) is 13.5. The number of benzene rings is 1. The molecular weight excluding hydrogens is 379 g/mol. The van der Waals surface area contributed by atoms with Crippen molar-refractivity contribution in [1.82, 2.24) is 9.55 Å². The zero-order valence-electron chi connectivity index (χ0n) is 16.8. The Kier molecular flexibility index (Phi) is 4.51. The summed E-state index contributed by atoms with van der Waals surface area (Å²) in [6.45, 7) is 5.58. The fourth-order valence-corrected chi connectivity index (χ4v) is 4.56. The second kappa shape index (κ2) is 6.56. The number of nitrogens with one attached hydrogen (secondary N) is 1. The number of nitrogen functional groups attached to an aromatic ring is 1. The molecule has 2 fully saturated rings. The van der Waals surface area contributed by atoms with Crippen LogP contribution in [0.5, 0.6) is 0 Å². The van der Waals surface area contributed by atoms with Gasteiger partial charge in [0.15, 0.2) is 5.82 Å². The summed E-state index contributed by atoms with van der Waals surface area (Å²) < 4.78 is 16.8. The minimum absolute atomic E-state index is 0.00234. The monoisotopic (exact) mass is 406 g/mol. The molecule has 4 rings (SSSR count). The van der Waals surface area contributed by atoms with Gasteiger partial charge in [-0.2, -0.15) is 0 Å². The minimum atomic E-state index is -1.27. The summed E-state index contributed by atoms with van der Waals surface area (Å²) in [5.74, 6) is -0.935. The first-order valence-electron chi connectivity index (χ1n) is 9.93. The largest absolute Gasteiger partial charge is 0.396 e. The van der Waals surface area contributed by atoms with E-state index in [9.17, 15) is 19.8 Å². The molecule has 29 heavy (non-hydrogen) atoms. The molecule has 2 unspecified atom stereocenters. The van der Waals surface area contributed by atoms with Crippen LogP contribution in [0.3, 0.4) is 0 Å². The lowest BCUT2D eigenvalue weighted by Gasteiger charge is -2.30. The SMILES string of the molecule is Cc1c(N2CCC(C(O)C(C)(C)O)C2)c(F)c(N)c2c(=O)[nH]c(=O)n(C3CC3)c12. The molecule has 1 saturated heterocycles. The van der Waals surface area contributed by atoms with Gasteiger partial charge in [0.25, 0.3) is 5.56 Å². The van der Waals surface area contributed by atoms with Gasteiger partial charge in [-0.15, -0.1) is 0 Å². The maximum atomic E-state index is 15.3. The topological polar surface area (TPSA) is 125 Å². The summed E-state index contributed by atoms with van der Waals surface area (Å²) >= 11 is 0. The number of aromatic amines is 1. The summed E-state index contributed by atoms with van der Waals surface area (Å²) in [6.07, 6.45) is 1.25. The summed E-state index contributed by atoms with van der Waals surface area (Å²) in [5.41, 5.74) is 4.40. The number of aromatic nitrogens is 2. The Morgan fingerprint density at radius 1 is 1.28 bits per heavy atom. The van der Waals surface area contributed by atoms with Crippen LogP contribution >= 0.6 is 0 Å². The number of fused-ring (bicyclic) bond motifs is 1. The van der Waals surface area contributed by atoms with Crippen LogP contribution in [0.2, 0.25) is 0 Å². The van der Waals surface area contributed by atoms with Crippen molar-refractivity contribution in [2.75, 3.05) is 23.7 Å². The Bertz CT molecular complexity index is 1100. The van der Waals surface area contributed by atoms with Crippen molar-refractivity contribution in [1.29, 1.82) is 0 Å². The third-order valence-electron chi connectivity index (χ3n) is 6.19. The lowest BCUT2D eigenvalue weighted by atomic mass is 9.89. The van der Waals surface area contributed by atoms with Gasteiger partial charge in [0.2, 0.25) is 0 Å². The quantitative estimate of drug-likeness (QED) is 0.562. The van der Waals surface area contributed by atoms with Crippen LogP contribution in [-0.2, 0) is 0 Å². The van der Waals surface area contributed by atoms with E-state index in [2.05, 4.69) is 4.98 Å². The number of halogens is 1. The highest BCUT2D eigenvalue weighted by atomic mass is 19.1. The molecule has 0 radical (unpaired) electrons. The van der Waals surface area contributed by atoms with Gasteiger partial charge in [0, 0.05) is 30.6 Å². The smallest absolute Gasteiger partial charge is 0.329 e. The Morgan fingerprint density at radius 2 is 1.93 bits per heavy atom. The minimum Gasteiger partial charge on any atom is -0.396 e. The highest BCUT2D eigenvalue weighted by Crippen LogP contribution is 2.42. The predicted octanol–water partition coefficient (Wildman–Crippen LogP) is 1.01. The molecule has 0 spiro atoms. The maximum Gasteiger partial charge on any atom is 0.329 e. The first kappa shape index (κ1) is 19.9. The molecule has 2 heterocycles. The van der Waals surface area contributed by atoms with Gasteiger partial charge in [0.05, 0.1) is 34.0 Å². The van der Waals surface area contributed by atoms with E-state index in [1.165, 1.54) is 4.57 Å². The van der Waals surface area contributed by atoms with Gasteiger partial charge in [-0.25, -0.2) is 9.18 Å². The maximum absolute atomic E-state index is 15.3. The van der Waals surface area contributed by atoms with Gasteiger partial charge in [-0.1, -0.05) is 0 Å². The number of H-pyrrole nitrogens is 1. The lowest BCUT2D eigenvalue weighted by Crippen LogP contribution is -2.42. The highest BCUT2D eigenvalue weighted by molar-refractivity contribution is 5.97. The van der Waals surface area contributed by atoms with E-state index in [-0.39, 0.29) is 28.7 Å². The Hall–Kier alpha value is -2.39. The van der Waals surface area contributed by atoms with Gasteiger partial charge in [-0.3, -0.25) is 14.3 Å². The van der Waals surface area contributed by atoms with Crippen LogP contribution in [-0.4, -0.2) is 44.6 Å². The molecule has 9 heteroatoms. The molecular formula is C20H27FN4O4. The third-order valence-corrected chi connectivity index (χ3v) is 6.19. The summed E-state index contributed by atoms with van der Waals surface area (Å²) in [6, 6.07) is -0.0263. The van der Waals surface area contributed by atoms with E-state index < -0.39 is 28.8 Å². The molecule has 2 aliphatic rings. The van der Waals surface area contributed by atoms with E-state index in [4.69, 9.17) is 5.73 Å². The van der Waals surface area contributed by atoms with E-state index in [0.717, 1.165) is 12.8 Å². The average molecular weight is 406 g/mol. The number of nitrogens with zero attached hydrogens (tertiary/aromatic N) is 2. The van der Waals surface area contributed by atoms with Crippen LogP contribution in [0.15, 0.2) is 9.59 Å². The third kappa shape index (κ3) is 3.12. The molecule has 1 aromatic heterocycles. The molecule has 1 aromatic carbocycles. The van der Waals surface area contributed by atoms with Crippen molar-refractivity contribution in [3.63, 3.8) is 0 Å². The number of aryl methyl sites for hydroxylation is 1. The molecule has 1 saturated carbocycles. The first-order valence-corrected chi connectivity index (χ1v) is 9.93. The number of rotatable bonds is 4. The van der Waals surface area contributed by atoms with E-state index in [0.29, 0.717) is 30.6 Å². The van der Waals surface area contributed by atoms with Crippen LogP contribution in [0, 0.1) is 18.7 Å². The van der Waals surface area contributed by atoms with Gasteiger partial charge < -0.3 is 20.8 Å². The number of hydrogen-bond acceptors (Lipinski definition) is 6. The molecule has 8 nitrogen and oxygen atoms in total. The number of aliphatic hydroxyl groups is 2. The standard InChI is InChI=1S/C20H27FN4O4/c1-9-15-12(18(27)23-19(28)25(15)11-4-5-11)14(22)13(21)16(9)24-7-6-10(8-24)17(26)20(2,3)29/h10-11,17,26,29H,4-8,22H2,1-3H3,(H,23,27,28). The van der Waals surface area contributed by atoms with Crippen molar-refractivity contribution in [3.05, 3.63) is 32.2 Å². The molecule has 0 amide bonds. The van der Waals surface area contributed by atoms with E-state index in [1.807, 2.05) is 0 Å². The summed E-state index contributed by atoms with van der Waals surface area (Å²) in [7, 11) is 0. The second-order valence-electron chi connectivity index (χ2n) is 8.88. The number of hydrogen-bond donors (Lipinski definition) is 4. The van der Waals surface area contributed by atoms with Crippen LogP contribution in [0.1, 0.15) is 44.7 Å². The molecule has 1 aliphatic carbocycles. The molecule has 5 N–H and O–H groups in total. The zero-order valence-corrected chi connectivity index (χ0v) is 16.8. The highest BCUT2D eigenvalue weighted by Gasteiger charge is 2.38. The van der Waals surface area contributed by atoms with Gasteiger partial charge in [0.1, 0.15) is 0 Å². The molecule has 2 aromatic rings. The van der Waals surface area contributed by atoms with Crippen molar-refractivity contribution in [2.45, 2.75) is 57.8 Å². The number of anilines is 2. The summed E-state index contributed by atoms with van der Waals surface area (Å²) in [5, 5.41) is 20.6. The normalized spacial score (nSPS) is 21.2. The van der Waals surface area contributed by atoms with Gasteiger partial charge >= 0.3 is 5.69 Å². The van der Waals surface area contributed by atoms with E-state index in [1.54, 1.807) is 25.7 Å². The second-order valence-corrected chi connectivity index (χ2v) is 8.88. The Morgan fingerprint density at radius 3 is 2.52 bits per heavy atom.